The van der Waals surface area contributed by atoms with Gasteiger partial charge in [-0.3, -0.25) is 4.79 Å². The minimum atomic E-state index is -0.0343. The van der Waals surface area contributed by atoms with Gasteiger partial charge in [-0.25, -0.2) is 0 Å². The summed E-state index contributed by atoms with van der Waals surface area (Å²) in [5, 5.41) is 14.2. The molecular weight excluding hydrogens is 258 g/mol. The summed E-state index contributed by atoms with van der Waals surface area (Å²) in [5.41, 5.74) is 1.23. The summed E-state index contributed by atoms with van der Waals surface area (Å²) in [5.74, 6) is 0.347. The number of carbonyl (C=O) groups is 1. The quantitative estimate of drug-likeness (QED) is 0.591. The minimum absolute atomic E-state index is 0.0343. The van der Waals surface area contributed by atoms with Crippen molar-refractivity contribution < 1.29 is 4.79 Å². The topological polar surface area (TPSA) is 64.9 Å². The number of nitrogens with zero attached hydrogens (tertiary/aromatic N) is 1. The van der Waals surface area contributed by atoms with Crippen LogP contribution in [0.3, 0.4) is 0 Å². The van der Waals surface area contributed by atoms with Crippen molar-refractivity contribution in [3.05, 3.63) is 29.8 Å². The lowest BCUT2D eigenvalue weighted by atomic mass is 10.1. The van der Waals surface area contributed by atoms with E-state index in [0.717, 1.165) is 4.90 Å². The van der Waals surface area contributed by atoms with E-state index in [-0.39, 0.29) is 5.91 Å². The molecule has 0 aliphatic carbocycles. The van der Waals surface area contributed by atoms with Crippen LogP contribution in [0.1, 0.15) is 24.9 Å². The normalized spacial score (nSPS) is 11.6. The van der Waals surface area contributed by atoms with E-state index in [4.69, 9.17) is 5.26 Å². The molecule has 0 bridgehead atoms. The van der Waals surface area contributed by atoms with Gasteiger partial charge < -0.3 is 10.6 Å². The summed E-state index contributed by atoms with van der Waals surface area (Å²) in [6.45, 7) is 2.53. The molecule has 0 aromatic heterocycles. The number of carbonyl (C=O) groups excluding carboxylic acids is 1. The molecule has 0 heterocycles. The molecule has 1 aromatic rings. The highest BCUT2D eigenvalue weighted by Gasteiger charge is 2.04. The summed E-state index contributed by atoms with van der Waals surface area (Å²) >= 11 is 1.50. The molecule has 5 heteroatoms. The molecule has 4 nitrogen and oxygen atoms in total. The van der Waals surface area contributed by atoms with E-state index in [9.17, 15) is 4.79 Å². The molecule has 0 fully saturated rings. The first-order chi connectivity index (χ1) is 9.17. The first kappa shape index (κ1) is 15.5. The van der Waals surface area contributed by atoms with E-state index in [1.807, 2.05) is 25.2 Å². The molecular formula is C14H19N3OS. The van der Waals surface area contributed by atoms with Crippen molar-refractivity contribution in [2.24, 2.45) is 0 Å². The third-order valence-electron chi connectivity index (χ3n) is 2.74. The fourth-order valence-corrected chi connectivity index (χ4v) is 2.21. The van der Waals surface area contributed by atoms with Gasteiger partial charge in [0.1, 0.15) is 0 Å². The highest BCUT2D eigenvalue weighted by atomic mass is 32.2. The number of hydrogen-bond acceptors (Lipinski definition) is 4. The minimum Gasteiger partial charge on any atom is -0.354 e. The smallest absolute Gasteiger partial charge is 0.230 e. The Morgan fingerprint density at radius 2 is 2.11 bits per heavy atom. The van der Waals surface area contributed by atoms with Crippen LogP contribution in [0.15, 0.2) is 29.2 Å². The van der Waals surface area contributed by atoms with Crippen LogP contribution >= 0.6 is 11.8 Å². The van der Waals surface area contributed by atoms with Crippen molar-refractivity contribution in [1.29, 1.82) is 5.26 Å². The first-order valence-electron chi connectivity index (χ1n) is 6.21. The van der Waals surface area contributed by atoms with Gasteiger partial charge in [-0.2, -0.15) is 5.26 Å². The van der Waals surface area contributed by atoms with E-state index >= 15 is 0 Å². The lowest BCUT2D eigenvalue weighted by Crippen LogP contribution is -2.25. The maximum Gasteiger partial charge on any atom is 0.230 e. The standard InChI is InChI=1S/C14H19N3OS/c1-11(16-2)12-4-6-13(7-5-12)19-10-14(18)17-9-3-8-15/h4-7,11,16H,3,9-10H2,1-2H3,(H,17,18). The van der Waals surface area contributed by atoms with E-state index in [0.29, 0.717) is 24.8 Å². The van der Waals surface area contributed by atoms with Crippen LogP contribution in [0.25, 0.3) is 0 Å². The highest BCUT2D eigenvalue weighted by molar-refractivity contribution is 8.00. The number of nitriles is 1. The number of rotatable bonds is 7. The number of thioether (sulfide) groups is 1. The molecule has 1 rings (SSSR count). The predicted molar refractivity (Wildman–Crippen MR) is 77.9 cm³/mol. The third-order valence-corrected chi connectivity index (χ3v) is 3.75. The van der Waals surface area contributed by atoms with Crippen LogP contribution in [0.4, 0.5) is 0 Å². The zero-order valence-corrected chi connectivity index (χ0v) is 12.1. The summed E-state index contributed by atoms with van der Waals surface area (Å²) in [7, 11) is 1.93. The largest absolute Gasteiger partial charge is 0.354 e. The molecule has 19 heavy (non-hydrogen) atoms. The Bertz CT molecular complexity index is 439. The fourth-order valence-electron chi connectivity index (χ4n) is 1.48. The second kappa shape index (κ2) is 8.57. The fraction of sp³-hybridized carbons (Fsp3) is 0.429. The highest BCUT2D eigenvalue weighted by Crippen LogP contribution is 2.20. The van der Waals surface area contributed by atoms with Crippen molar-refractivity contribution in [1.82, 2.24) is 10.6 Å². The Hall–Kier alpha value is -1.51. The Morgan fingerprint density at radius 3 is 2.68 bits per heavy atom. The maximum absolute atomic E-state index is 11.5. The predicted octanol–water partition coefficient (Wildman–Crippen LogP) is 2.09. The van der Waals surface area contributed by atoms with Gasteiger partial charge >= 0.3 is 0 Å². The van der Waals surface area contributed by atoms with Crippen molar-refractivity contribution in [3.8, 4) is 6.07 Å². The Kier molecular flexibility index (Phi) is 7.01. The molecule has 0 saturated carbocycles. The lowest BCUT2D eigenvalue weighted by Gasteiger charge is -2.10. The van der Waals surface area contributed by atoms with Crippen molar-refractivity contribution in [2.45, 2.75) is 24.3 Å². The van der Waals surface area contributed by atoms with Gasteiger partial charge in [-0.1, -0.05) is 12.1 Å². The lowest BCUT2D eigenvalue weighted by molar-refractivity contribution is -0.118. The Morgan fingerprint density at radius 1 is 1.42 bits per heavy atom. The van der Waals surface area contributed by atoms with E-state index in [2.05, 4.69) is 29.7 Å². The molecule has 1 amide bonds. The van der Waals surface area contributed by atoms with Crippen LogP contribution in [0, 0.1) is 11.3 Å². The molecule has 0 spiro atoms. The average Bonchev–Trinajstić information content (AvgIpc) is 2.45. The molecule has 0 radical (unpaired) electrons. The number of benzene rings is 1. The number of amides is 1. The molecule has 102 valence electrons. The van der Waals surface area contributed by atoms with E-state index in [1.54, 1.807) is 0 Å². The molecule has 2 N–H and O–H groups in total. The van der Waals surface area contributed by atoms with Crippen LogP contribution in [0.2, 0.25) is 0 Å². The second-order valence-electron chi connectivity index (χ2n) is 4.13. The summed E-state index contributed by atoms with van der Waals surface area (Å²) in [6, 6.07) is 10.5. The third kappa shape index (κ3) is 5.77. The molecule has 1 unspecified atom stereocenters. The molecule has 1 aromatic carbocycles. The van der Waals surface area contributed by atoms with Gasteiger partial charge in [-0.05, 0) is 31.7 Å². The zero-order valence-electron chi connectivity index (χ0n) is 11.3. The SMILES string of the molecule is CNC(C)c1ccc(SCC(=O)NCCC#N)cc1. The van der Waals surface area contributed by atoms with Gasteiger partial charge in [0.25, 0.3) is 0 Å². The van der Waals surface area contributed by atoms with Crippen molar-refractivity contribution in [3.63, 3.8) is 0 Å². The van der Waals surface area contributed by atoms with Crippen LogP contribution in [0.5, 0.6) is 0 Å². The van der Waals surface area contributed by atoms with Crippen LogP contribution in [-0.2, 0) is 4.79 Å². The zero-order chi connectivity index (χ0) is 14.1. The number of hydrogen-bond donors (Lipinski definition) is 2. The molecule has 0 aliphatic rings. The van der Waals surface area contributed by atoms with Gasteiger partial charge in [0.2, 0.25) is 5.91 Å². The average molecular weight is 277 g/mol. The Labute approximate surface area is 118 Å². The van der Waals surface area contributed by atoms with Crippen molar-refractivity contribution in [2.75, 3.05) is 19.3 Å². The van der Waals surface area contributed by atoms with Crippen LogP contribution in [-0.4, -0.2) is 25.3 Å². The van der Waals surface area contributed by atoms with E-state index < -0.39 is 0 Å². The second-order valence-corrected chi connectivity index (χ2v) is 5.17. The van der Waals surface area contributed by atoms with Gasteiger partial charge in [0, 0.05) is 17.5 Å². The van der Waals surface area contributed by atoms with Crippen molar-refractivity contribution >= 4 is 17.7 Å². The van der Waals surface area contributed by atoms with E-state index in [1.165, 1.54) is 17.3 Å². The summed E-state index contributed by atoms with van der Waals surface area (Å²) < 4.78 is 0. The van der Waals surface area contributed by atoms with Gasteiger partial charge in [-0.15, -0.1) is 11.8 Å². The summed E-state index contributed by atoms with van der Waals surface area (Å²) in [4.78, 5) is 12.5. The van der Waals surface area contributed by atoms with Gasteiger partial charge in [0.05, 0.1) is 18.2 Å². The molecule has 0 aliphatic heterocycles. The maximum atomic E-state index is 11.5. The monoisotopic (exact) mass is 277 g/mol. The van der Waals surface area contributed by atoms with Crippen LogP contribution < -0.4 is 10.6 Å². The molecule has 0 saturated heterocycles. The first-order valence-corrected chi connectivity index (χ1v) is 7.19. The van der Waals surface area contributed by atoms with Gasteiger partial charge in [0.15, 0.2) is 0 Å². The molecule has 1 atom stereocenters. The summed E-state index contributed by atoms with van der Waals surface area (Å²) in [6.07, 6.45) is 0.354. The Balaban J connectivity index is 2.37. The number of nitrogens with one attached hydrogen (secondary N) is 2.